The van der Waals surface area contributed by atoms with Gasteiger partial charge < -0.3 is 10.4 Å². The number of nitrogens with zero attached hydrogens (tertiary/aromatic N) is 5. The second kappa shape index (κ2) is 6.89. The van der Waals surface area contributed by atoms with Crippen LogP contribution in [0.25, 0.3) is 16.9 Å². The van der Waals surface area contributed by atoms with E-state index in [9.17, 15) is 0 Å². The number of aryl methyl sites for hydroxylation is 1. The number of hydrogen-bond donors (Lipinski definition) is 2. The van der Waals surface area contributed by atoms with Gasteiger partial charge in [-0.15, -0.1) is 5.10 Å². The summed E-state index contributed by atoms with van der Waals surface area (Å²) in [5, 5.41) is 20.4. The SMILES string of the molecule is Cc1ccc(Nc2ccc3ncn(-c4ccc(CCO)[c]n4)c3c2)nn1. The number of nitrogens with one attached hydrogen (secondary N) is 1. The molecule has 3 aromatic heterocycles. The number of aromatic nitrogens is 5. The van der Waals surface area contributed by atoms with E-state index in [1.165, 1.54) is 0 Å². The molecule has 3 heterocycles. The van der Waals surface area contributed by atoms with Crippen molar-refractivity contribution in [1.29, 1.82) is 0 Å². The highest BCUT2D eigenvalue weighted by atomic mass is 16.2. The minimum atomic E-state index is 0.0858. The lowest BCUT2D eigenvalue weighted by Gasteiger charge is -2.07. The fraction of sp³-hybridized carbons (Fsp3) is 0.158. The zero-order valence-corrected chi connectivity index (χ0v) is 14.2. The third-order valence-electron chi connectivity index (χ3n) is 3.99. The maximum Gasteiger partial charge on any atom is 0.153 e. The van der Waals surface area contributed by atoms with Crippen LogP contribution in [0.1, 0.15) is 11.3 Å². The van der Waals surface area contributed by atoms with E-state index < -0.39 is 0 Å². The summed E-state index contributed by atoms with van der Waals surface area (Å²) >= 11 is 0. The number of rotatable bonds is 5. The van der Waals surface area contributed by atoms with Gasteiger partial charge >= 0.3 is 0 Å². The van der Waals surface area contributed by atoms with Crippen molar-refractivity contribution in [3.63, 3.8) is 0 Å². The summed E-state index contributed by atoms with van der Waals surface area (Å²) in [6.07, 6.45) is 5.24. The molecule has 7 heteroatoms. The lowest BCUT2D eigenvalue weighted by Crippen LogP contribution is -1.99. The van der Waals surface area contributed by atoms with E-state index >= 15 is 0 Å². The molecule has 0 atom stereocenters. The van der Waals surface area contributed by atoms with Crippen LogP contribution < -0.4 is 5.32 Å². The normalized spacial score (nSPS) is 11.0. The van der Waals surface area contributed by atoms with Gasteiger partial charge in [-0.1, -0.05) is 6.07 Å². The van der Waals surface area contributed by atoms with Crippen LogP contribution >= 0.6 is 0 Å². The highest BCUT2D eigenvalue weighted by Gasteiger charge is 2.08. The summed E-state index contributed by atoms with van der Waals surface area (Å²) in [6, 6.07) is 13.5. The quantitative estimate of drug-likeness (QED) is 0.578. The molecule has 1 aromatic carbocycles. The molecule has 0 bridgehead atoms. The number of aliphatic hydroxyl groups excluding tert-OH is 1. The molecule has 0 saturated carbocycles. The smallest absolute Gasteiger partial charge is 0.153 e. The Hall–Kier alpha value is -3.32. The molecule has 0 saturated heterocycles. The summed E-state index contributed by atoms with van der Waals surface area (Å²) < 4.78 is 1.90. The summed E-state index contributed by atoms with van der Waals surface area (Å²) in [6.45, 7) is 1.99. The summed E-state index contributed by atoms with van der Waals surface area (Å²) in [5.74, 6) is 1.40. The highest BCUT2D eigenvalue weighted by Crippen LogP contribution is 2.23. The van der Waals surface area contributed by atoms with E-state index in [1.54, 1.807) is 6.33 Å². The van der Waals surface area contributed by atoms with Crippen molar-refractivity contribution in [3.05, 3.63) is 66.2 Å². The Morgan fingerprint density at radius 2 is 2.04 bits per heavy atom. The monoisotopic (exact) mass is 345 g/mol. The molecule has 4 aromatic rings. The number of fused-ring (bicyclic) bond motifs is 1. The minimum absolute atomic E-state index is 0.0858. The average molecular weight is 345 g/mol. The Labute approximate surface area is 150 Å². The first kappa shape index (κ1) is 16.2. The number of benzene rings is 1. The molecule has 0 aliphatic carbocycles. The topological polar surface area (TPSA) is 88.8 Å². The van der Waals surface area contributed by atoms with E-state index in [-0.39, 0.29) is 6.61 Å². The first-order chi connectivity index (χ1) is 12.7. The van der Waals surface area contributed by atoms with Gasteiger partial charge in [0.2, 0.25) is 0 Å². The highest BCUT2D eigenvalue weighted by molar-refractivity contribution is 5.82. The number of anilines is 2. The van der Waals surface area contributed by atoms with Crippen LogP contribution in [-0.2, 0) is 6.42 Å². The molecule has 7 nitrogen and oxygen atoms in total. The van der Waals surface area contributed by atoms with Gasteiger partial charge in [-0.2, -0.15) is 5.10 Å². The predicted molar refractivity (Wildman–Crippen MR) is 98.5 cm³/mol. The largest absolute Gasteiger partial charge is 0.396 e. The Balaban J connectivity index is 1.66. The number of aliphatic hydroxyl groups is 1. The lowest BCUT2D eigenvalue weighted by molar-refractivity contribution is 0.299. The van der Waals surface area contributed by atoms with Gasteiger partial charge in [-0.25, -0.2) is 9.97 Å². The van der Waals surface area contributed by atoms with Crippen molar-refractivity contribution in [3.8, 4) is 5.82 Å². The molecule has 0 fully saturated rings. The number of imidazole rings is 1. The molecular weight excluding hydrogens is 328 g/mol. The third-order valence-corrected chi connectivity index (χ3v) is 3.99. The molecule has 0 unspecified atom stereocenters. The molecule has 0 amide bonds. The standard InChI is InChI=1S/C19H17N6O/c1-13-2-6-18(24-23-13)22-15-4-5-16-17(10-15)25(12-21-16)19-7-3-14(8-9-26)11-20-19/h2-7,10,12,26H,8-9H2,1H3,(H,22,24). The van der Waals surface area contributed by atoms with Crippen LogP contribution in [0.3, 0.4) is 0 Å². The fourth-order valence-electron chi connectivity index (χ4n) is 2.65. The Morgan fingerprint density at radius 3 is 2.77 bits per heavy atom. The molecule has 4 rings (SSSR count). The molecule has 0 aliphatic heterocycles. The van der Waals surface area contributed by atoms with Crippen LogP contribution in [0.15, 0.2) is 48.8 Å². The first-order valence-corrected chi connectivity index (χ1v) is 8.26. The van der Waals surface area contributed by atoms with Gasteiger partial charge in [0.05, 0.1) is 22.9 Å². The molecule has 2 N–H and O–H groups in total. The van der Waals surface area contributed by atoms with Crippen LogP contribution in [0.5, 0.6) is 0 Å². The average Bonchev–Trinajstić information content (AvgIpc) is 3.08. The summed E-state index contributed by atoms with van der Waals surface area (Å²) in [5.41, 5.74) is 4.42. The van der Waals surface area contributed by atoms with Crippen LogP contribution in [0, 0.1) is 13.1 Å². The second-order valence-electron chi connectivity index (χ2n) is 5.92. The predicted octanol–water partition coefficient (Wildman–Crippen LogP) is 2.60. The third kappa shape index (κ3) is 3.25. The van der Waals surface area contributed by atoms with Crippen molar-refractivity contribution in [2.24, 2.45) is 0 Å². The first-order valence-electron chi connectivity index (χ1n) is 8.26. The Morgan fingerprint density at radius 1 is 1.12 bits per heavy atom. The van der Waals surface area contributed by atoms with E-state index in [1.807, 2.05) is 54.0 Å². The lowest BCUT2D eigenvalue weighted by atomic mass is 10.2. The Kier molecular flexibility index (Phi) is 4.28. The summed E-state index contributed by atoms with van der Waals surface area (Å²) in [4.78, 5) is 8.78. The number of hydrogen-bond acceptors (Lipinski definition) is 6. The van der Waals surface area contributed by atoms with E-state index in [0.29, 0.717) is 12.2 Å². The molecule has 1 radical (unpaired) electrons. The zero-order chi connectivity index (χ0) is 17.9. The van der Waals surface area contributed by atoms with Gasteiger partial charge in [0.1, 0.15) is 12.1 Å². The molecule has 129 valence electrons. The van der Waals surface area contributed by atoms with Crippen LogP contribution in [-0.4, -0.2) is 36.4 Å². The van der Waals surface area contributed by atoms with E-state index in [2.05, 4.69) is 31.7 Å². The zero-order valence-electron chi connectivity index (χ0n) is 14.2. The minimum Gasteiger partial charge on any atom is -0.396 e. The molecule has 0 spiro atoms. The van der Waals surface area contributed by atoms with Crippen molar-refractivity contribution in [1.82, 2.24) is 24.7 Å². The summed E-state index contributed by atoms with van der Waals surface area (Å²) in [7, 11) is 0. The van der Waals surface area contributed by atoms with Gasteiger partial charge in [0.25, 0.3) is 0 Å². The molecular formula is C19H17N6O. The van der Waals surface area contributed by atoms with Crippen LogP contribution in [0.2, 0.25) is 0 Å². The van der Waals surface area contributed by atoms with Gasteiger partial charge in [-0.3, -0.25) is 4.57 Å². The Bertz CT molecular complexity index is 1020. The van der Waals surface area contributed by atoms with Crippen molar-refractivity contribution < 1.29 is 5.11 Å². The van der Waals surface area contributed by atoms with E-state index in [4.69, 9.17) is 5.11 Å². The second-order valence-corrected chi connectivity index (χ2v) is 5.92. The van der Waals surface area contributed by atoms with Gasteiger partial charge in [0.15, 0.2) is 5.82 Å². The number of pyridine rings is 1. The maximum atomic E-state index is 9.00. The van der Waals surface area contributed by atoms with Crippen molar-refractivity contribution in [2.75, 3.05) is 11.9 Å². The van der Waals surface area contributed by atoms with E-state index in [0.717, 1.165) is 33.8 Å². The fourth-order valence-corrected chi connectivity index (χ4v) is 2.65. The van der Waals surface area contributed by atoms with Crippen molar-refractivity contribution in [2.45, 2.75) is 13.3 Å². The van der Waals surface area contributed by atoms with Crippen molar-refractivity contribution >= 4 is 22.5 Å². The maximum absolute atomic E-state index is 9.00. The van der Waals surface area contributed by atoms with Gasteiger partial charge in [0, 0.05) is 12.3 Å². The molecule has 0 aliphatic rings. The van der Waals surface area contributed by atoms with Crippen LogP contribution in [0.4, 0.5) is 11.5 Å². The molecule has 26 heavy (non-hydrogen) atoms. The van der Waals surface area contributed by atoms with Gasteiger partial charge in [-0.05, 0) is 55.3 Å².